The number of para-hydroxylation sites is 2. The number of anilines is 3. The Hall–Kier alpha value is -5.34. The molecule has 0 amide bonds. The van der Waals surface area contributed by atoms with E-state index in [2.05, 4.69) is 144 Å². The minimum absolute atomic E-state index is 0.913. The summed E-state index contributed by atoms with van der Waals surface area (Å²) in [6.45, 7) is 0. The predicted octanol–water partition coefficient (Wildman–Crippen LogP) is 11.0. The molecule has 1 heterocycles. The zero-order valence-electron chi connectivity index (χ0n) is 21.8. The van der Waals surface area contributed by atoms with Gasteiger partial charge in [0.05, 0.1) is 0 Å². The van der Waals surface area contributed by atoms with Gasteiger partial charge in [-0.25, -0.2) is 0 Å². The summed E-state index contributed by atoms with van der Waals surface area (Å²) in [7, 11) is 0. The summed E-state index contributed by atoms with van der Waals surface area (Å²) in [5.74, 6) is 0. The minimum Gasteiger partial charge on any atom is -0.456 e. The number of furan rings is 1. The van der Waals surface area contributed by atoms with Crippen molar-refractivity contribution in [2.75, 3.05) is 4.90 Å². The Morgan fingerprint density at radius 2 is 1.07 bits per heavy atom. The Labute approximate surface area is 232 Å². The third kappa shape index (κ3) is 3.73. The molecule has 0 N–H and O–H groups in total. The highest BCUT2D eigenvalue weighted by molar-refractivity contribution is 6.10. The highest BCUT2D eigenvalue weighted by Gasteiger charge is 2.15. The van der Waals surface area contributed by atoms with E-state index in [0.29, 0.717) is 0 Å². The third-order valence-electron chi connectivity index (χ3n) is 7.82. The van der Waals surface area contributed by atoms with Crippen LogP contribution < -0.4 is 4.90 Å². The van der Waals surface area contributed by atoms with Crippen LogP contribution in [0.1, 0.15) is 0 Å². The van der Waals surface area contributed by atoms with E-state index in [1.165, 1.54) is 27.3 Å². The number of rotatable bonds is 4. The van der Waals surface area contributed by atoms with E-state index >= 15 is 0 Å². The first-order chi connectivity index (χ1) is 19.8. The second-order valence-electron chi connectivity index (χ2n) is 10.2. The van der Waals surface area contributed by atoms with Gasteiger partial charge in [0, 0.05) is 27.8 Å². The summed E-state index contributed by atoms with van der Waals surface area (Å²) in [5.41, 5.74) is 7.62. The molecule has 40 heavy (non-hydrogen) atoms. The molecule has 2 nitrogen and oxygen atoms in total. The van der Waals surface area contributed by atoms with Crippen molar-refractivity contribution in [3.8, 4) is 11.1 Å². The molecule has 0 aliphatic rings. The van der Waals surface area contributed by atoms with Crippen LogP contribution in [0.2, 0.25) is 0 Å². The molecule has 0 saturated heterocycles. The number of fused-ring (bicyclic) bond motifs is 5. The standard InChI is InChI=1S/C38H25NO/c1-2-11-30(12-3-1)39(31-20-17-27(18-21-31)34-15-8-10-26-9-4-5-13-33(26)34)32-22-19-28-24-36-35-14-6-7-16-37(35)40-38(36)25-29(28)23-32/h1-25H. The van der Waals surface area contributed by atoms with Gasteiger partial charge in [0.2, 0.25) is 0 Å². The molecule has 0 aliphatic carbocycles. The largest absolute Gasteiger partial charge is 0.456 e. The minimum atomic E-state index is 0.913. The highest BCUT2D eigenvalue weighted by Crippen LogP contribution is 2.39. The molecule has 1 aromatic heterocycles. The molecule has 8 aromatic rings. The van der Waals surface area contributed by atoms with Crippen molar-refractivity contribution >= 4 is 60.5 Å². The van der Waals surface area contributed by atoms with Crippen molar-refractivity contribution in [1.29, 1.82) is 0 Å². The number of nitrogens with zero attached hydrogens (tertiary/aromatic N) is 1. The molecule has 2 heteroatoms. The fourth-order valence-corrected chi connectivity index (χ4v) is 5.89. The van der Waals surface area contributed by atoms with Gasteiger partial charge in [-0.1, -0.05) is 97.1 Å². The summed E-state index contributed by atoms with van der Waals surface area (Å²) in [6, 6.07) is 53.9. The summed E-state index contributed by atoms with van der Waals surface area (Å²) < 4.78 is 6.20. The van der Waals surface area contributed by atoms with Crippen LogP contribution in [0.15, 0.2) is 156 Å². The molecule has 8 rings (SSSR count). The Morgan fingerprint density at radius 3 is 1.95 bits per heavy atom. The summed E-state index contributed by atoms with van der Waals surface area (Å²) in [6.07, 6.45) is 0. The van der Waals surface area contributed by atoms with Crippen molar-refractivity contribution in [3.63, 3.8) is 0 Å². The molecule has 0 spiro atoms. The topological polar surface area (TPSA) is 16.4 Å². The maximum Gasteiger partial charge on any atom is 0.136 e. The Balaban J connectivity index is 1.25. The van der Waals surface area contributed by atoms with Gasteiger partial charge in [-0.3, -0.25) is 0 Å². The lowest BCUT2D eigenvalue weighted by molar-refractivity contribution is 0.669. The van der Waals surface area contributed by atoms with Crippen molar-refractivity contribution in [3.05, 3.63) is 152 Å². The SMILES string of the molecule is c1ccc(N(c2ccc(-c3cccc4ccccc34)cc2)c2ccc3cc4c(cc3c2)oc2ccccc24)cc1. The van der Waals surface area contributed by atoms with Gasteiger partial charge < -0.3 is 9.32 Å². The molecular formula is C38H25NO. The quantitative estimate of drug-likeness (QED) is 0.234. The van der Waals surface area contributed by atoms with Crippen LogP contribution in [0.3, 0.4) is 0 Å². The van der Waals surface area contributed by atoms with Crippen LogP contribution in [-0.4, -0.2) is 0 Å². The Kier molecular flexibility index (Phi) is 5.17. The Bertz CT molecular complexity index is 2150. The van der Waals surface area contributed by atoms with E-state index in [1.54, 1.807) is 0 Å². The van der Waals surface area contributed by atoms with Gasteiger partial charge in [-0.2, -0.15) is 0 Å². The van der Waals surface area contributed by atoms with Crippen LogP contribution in [0, 0.1) is 0 Å². The lowest BCUT2D eigenvalue weighted by Gasteiger charge is -2.26. The number of benzene rings is 7. The fraction of sp³-hybridized carbons (Fsp3) is 0. The van der Waals surface area contributed by atoms with E-state index < -0.39 is 0 Å². The summed E-state index contributed by atoms with van der Waals surface area (Å²) >= 11 is 0. The molecule has 0 saturated carbocycles. The molecular weight excluding hydrogens is 486 g/mol. The van der Waals surface area contributed by atoms with Crippen molar-refractivity contribution < 1.29 is 4.42 Å². The average Bonchev–Trinajstić information content (AvgIpc) is 3.38. The zero-order chi connectivity index (χ0) is 26.5. The van der Waals surface area contributed by atoms with Gasteiger partial charge >= 0.3 is 0 Å². The Morgan fingerprint density at radius 1 is 0.375 bits per heavy atom. The van der Waals surface area contributed by atoms with Gasteiger partial charge in [0.25, 0.3) is 0 Å². The molecule has 0 bridgehead atoms. The second kappa shape index (κ2) is 9.14. The zero-order valence-corrected chi connectivity index (χ0v) is 21.8. The molecule has 0 radical (unpaired) electrons. The molecule has 0 fully saturated rings. The molecule has 7 aromatic carbocycles. The second-order valence-corrected chi connectivity index (χ2v) is 10.2. The first kappa shape index (κ1) is 22.6. The van der Waals surface area contributed by atoms with Crippen molar-refractivity contribution in [1.82, 2.24) is 0 Å². The maximum atomic E-state index is 6.20. The molecule has 0 atom stereocenters. The van der Waals surface area contributed by atoms with Gasteiger partial charge in [-0.15, -0.1) is 0 Å². The van der Waals surface area contributed by atoms with Crippen LogP contribution >= 0.6 is 0 Å². The summed E-state index contributed by atoms with van der Waals surface area (Å²) in [4.78, 5) is 2.31. The lowest BCUT2D eigenvalue weighted by atomic mass is 9.98. The third-order valence-corrected chi connectivity index (χ3v) is 7.82. The van der Waals surface area contributed by atoms with Crippen LogP contribution in [0.5, 0.6) is 0 Å². The maximum absolute atomic E-state index is 6.20. The smallest absolute Gasteiger partial charge is 0.136 e. The number of hydrogen-bond acceptors (Lipinski definition) is 2. The van der Waals surface area contributed by atoms with E-state index in [9.17, 15) is 0 Å². The van der Waals surface area contributed by atoms with E-state index in [-0.39, 0.29) is 0 Å². The highest BCUT2D eigenvalue weighted by atomic mass is 16.3. The molecule has 0 aliphatic heterocycles. The average molecular weight is 512 g/mol. The van der Waals surface area contributed by atoms with Gasteiger partial charge in [-0.05, 0) is 87.3 Å². The molecule has 0 unspecified atom stereocenters. The predicted molar refractivity (Wildman–Crippen MR) is 169 cm³/mol. The van der Waals surface area contributed by atoms with E-state index in [0.717, 1.165) is 44.4 Å². The van der Waals surface area contributed by atoms with Crippen LogP contribution in [0.4, 0.5) is 17.1 Å². The first-order valence-electron chi connectivity index (χ1n) is 13.6. The van der Waals surface area contributed by atoms with Crippen LogP contribution in [-0.2, 0) is 0 Å². The monoisotopic (exact) mass is 511 g/mol. The van der Waals surface area contributed by atoms with E-state index in [1.807, 2.05) is 12.1 Å². The fourth-order valence-electron chi connectivity index (χ4n) is 5.89. The summed E-state index contributed by atoms with van der Waals surface area (Å²) in [5, 5.41) is 7.17. The van der Waals surface area contributed by atoms with Gasteiger partial charge in [0.15, 0.2) is 0 Å². The van der Waals surface area contributed by atoms with Crippen molar-refractivity contribution in [2.24, 2.45) is 0 Å². The molecule has 188 valence electrons. The van der Waals surface area contributed by atoms with Crippen LogP contribution in [0.25, 0.3) is 54.6 Å². The van der Waals surface area contributed by atoms with Gasteiger partial charge in [0.1, 0.15) is 11.2 Å². The first-order valence-corrected chi connectivity index (χ1v) is 13.6. The van der Waals surface area contributed by atoms with Crippen molar-refractivity contribution in [2.45, 2.75) is 0 Å². The van der Waals surface area contributed by atoms with E-state index in [4.69, 9.17) is 4.42 Å². The normalized spacial score (nSPS) is 11.5. The number of hydrogen-bond donors (Lipinski definition) is 0. The lowest BCUT2D eigenvalue weighted by Crippen LogP contribution is -2.09.